The van der Waals surface area contributed by atoms with Gasteiger partial charge in [-0.3, -0.25) is 4.79 Å². The molecular formula is C13H15NO4. The molecule has 1 aromatic rings. The fraction of sp³-hybridized carbons (Fsp3) is 0.385. The summed E-state index contributed by atoms with van der Waals surface area (Å²) in [5, 5.41) is 0. The molecule has 1 aliphatic rings. The van der Waals surface area contributed by atoms with Gasteiger partial charge in [-0.1, -0.05) is 0 Å². The van der Waals surface area contributed by atoms with Gasteiger partial charge in [-0.15, -0.1) is 0 Å². The van der Waals surface area contributed by atoms with Gasteiger partial charge in [0.1, 0.15) is 6.29 Å². The molecule has 0 aliphatic carbocycles. The number of rotatable bonds is 3. The van der Waals surface area contributed by atoms with Crippen molar-refractivity contribution >= 4 is 17.9 Å². The van der Waals surface area contributed by atoms with E-state index in [9.17, 15) is 9.59 Å². The highest BCUT2D eigenvalue weighted by Gasteiger charge is 2.19. The molecule has 0 N–H and O–H groups in total. The molecule has 1 aliphatic heterocycles. The van der Waals surface area contributed by atoms with Gasteiger partial charge >= 0.3 is 5.97 Å². The summed E-state index contributed by atoms with van der Waals surface area (Å²) in [6.45, 7) is 2.72. The van der Waals surface area contributed by atoms with Gasteiger partial charge in [-0.2, -0.15) is 0 Å². The summed E-state index contributed by atoms with van der Waals surface area (Å²) in [6, 6.07) is 5.04. The minimum atomic E-state index is -0.430. The Morgan fingerprint density at radius 2 is 2.11 bits per heavy atom. The maximum Gasteiger partial charge on any atom is 0.339 e. The van der Waals surface area contributed by atoms with Crippen LogP contribution >= 0.6 is 0 Å². The zero-order valence-electron chi connectivity index (χ0n) is 10.2. The number of hydrogen-bond donors (Lipinski definition) is 0. The molecule has 0 amide bonds. The molecule has 2 rings (SSSR count). The molecule has 0 saturated carbocycles. The third kappa shape index (κ3) is 2.51. The smallest absolute Gasteiger partial charge is 0.339 e. The van der Waals surface area contributed by atoms with E-state index in [0.717, 1.165) is 25.1 Å². The standard InChI is InChI=1S/C13H15NO4/c1-17-13(16)11-8-10(9-15)2-3-12(11)14-4-6-18-7-5-14/h2-3,8-9H,4-7H2,1H3. The molecule has 0 atom stereocenters. The molecule has 0 unspecified atom stereocenters. The first-order valence-corrected chi connectivity index (χ1v) is 5.76. The van der Waals surface area contributed by atoms with E-state index in [1.165, 1.54) is 7.11 Å². The molecule has 5 heteroatoms. The number of hydrogen-bond acceptors (Lipinski definition) is 5. The van der Waals surface area contributed by atoms with Gasteiger partial charge in [0.2, 0.25) is 0 Å². The first-order valence-electron chi connectivity index (χ1n) is 5.76. The van der Waals surface area contributed by atoms with Crippen LogP contribution in [0.25, 0.3) is 0 Å². The summed E-state index contributed by atoms with van der Waals surface area (Å²) in [7, 11) is 1.33. The highest BCUT2D eigenvalue weighted by Crippen LogP contribution is 2.23. The van der Waals surface area contributed by atoms with Crippen LogP contribution < -0.4 is 4.90 Å². The van der Waals surface area contributed by atoms with Crippen molar-refractivity contribution in [2.24, 2.45) is 0 Å². The lowest BCUT2D eigenvalue weighted by Crippen LogP contribution is -2.37. The van der Waals surface area contributed by atoms with E-state index in [1.54, 1.807) is 18.2 Å². The topological polar surface area (TPSA) is 55.8 Å². The van der Waals surface area contributed by atoms with Gasteiger partial charge in [0.05, 0.1) is 31.6 Å². The van der Waals surface area contributed by atoms with Crippen molar-refractivity contribution in [1.29, 1.82) is 0 Å². The van der Waals surface area contributed by atoms with Crippen molar-refractivity contribution in [1.82, 2.24) is 0 Å². The van der Waals surface area contributed by atoms with Gasteiger partial charge in [-0.25, -0.2) is 4.79 Å². The van der Waals surface area contributed by atoms with Crippen LogP contribution in [0.1, 0.15) is 20.7 Å². The second-order valence-corrected chi connectivity index (χ2v) is 3.99. The van der Waals surface area contributed by atoms with Crippen molar-refractivity contribution in [3.05, 3.63) is 29.3 Å². The molecule has 0 aromatic heterocycles. The van der Waals surface area contributed by atoms with Crippen molar-refractivity contribution < 1.29 is 19.1 Å². The van der Waals surface area contributed by atoms with E-state index in [-0.39, 0.29) is 0 Å². The Balaban J connectivity index is 2.38. The molecule has 5 nitrogen and oxygen atoms in total. The summed E-state index contributed by atoms with van der Waals surface area (Å²) < 4.78 is 10.0. The highest BCUT2D eigenvalue weighted by molar-refractivity contribution is 5.97. The minimum Gasteiger partial charge on any atom is -0.465 e. The summed E-state index contributed by atoms with van der Waals surface area (Å²) >= 11 is 0. The van der Waals surface area contributed by atoms with Crippen LogP contribution in [0.15, 0.2) is 18.2 Å². The van der Waals surface area contributed by atoms with Crippen LogP contribution in [0.5, 0.6) is 0 Å². The van der Waals surface area contributed by atoms with Crippen molar-refractivity contribution in [3.63, 3.8) is 0 Å². The van der Waals surface area contributed by atoms with Crippen molar-refractivity contribution in [2.75, 3.05) is 38.3 Å². The second kappa shape index (κ2) is 5.64. The number of anilines is 1. The first kappa shape index (κ1) is 12.6. The van der Waals surface area contributed by atoms with Crippen LogP contribution in [0.3, 0.4) is 0 Å². The van der Waals surface area contributed by atoms with Gasteiger partial charge < -0.3 is 14.4 Å². The lowest BCUT2D eigenvalue weighted by Gasteiger charge is -2.30. The number of nitrogens with zero attached hydrogens (tertiary/aromatic N) is 1. The van der Waals surface area contributed by atoms with E-state index in [1.807, 2.05) is 0 Å². The Morgan fingerprint density at radius 3 is 2.72 bits per heavy atom. The molecule has 1 saturated heterocycles. The number of methoxy groups -OCH3 is 1. The zero-order chi connectivity index (χ0) is 13.0. The number of morpholine rings is 1. The largest absolute Gasteiger partial charge is 0.465 e. The molecule has 18 heavy (non-hydrogen) atoms. The normalized spacial score (nSPS) is 15.3. The second-order valence-electron chi connectivity index (χ2n) is 3.99. The Morgan fingerprint density at radius 1 is 1.39 bits per heavy atom. The SMILES string of the molecule is COC(=O)c1cc(C=O)ccc1N1CCOCC1. The predicted molar refractivity (Wildman–Crippen MR) is 66.2 cm³/mol. The van der Waals surface area contributed by atoms with Crippen LogP contribution in [0.2, 0.25) is 0 Å². The van der Waals surface area contributed by atoms with Gasteiger partial charge in [-0.05, 0) is 18.2 Å². The summed E-state index contributed by atoms with van der Waals surface area (Å²) in [5.74, 6) is -0.430. The van der Waals surface area contributed by atoms with Crippen molar-refractivity contribution in [2.45, 2.75) is 0 Å². The first-order chi connectivity index (χ1) is 8.76. The van der Waals surface area contributed by atoms with Crippen molar-refractivity contribution in [3.8, 4) is 0 Å². The van der Waals surface area contributed by atoms with Crippen LogP contribution in [0, 0.1) is 0 Å². The lowest BCUT2D eigenvalue weighted by molar-refractivity contribution is 0.0600. The number of carbonyl (C=O) groups excluding carboxylic acids is 2. The van der Waals surface area contributed by atoms with Crippen LogP contribution in [-0.2, 0) is 9.47 Å². The molecule has 0 spiro atoms. The lowest BCUT2D eigenvalue weighted by atomic mass is 10.1. The zero-order valence-corrected chi connectivity index (χ0v) is 10.2. The molecule has 96 valence electrons. The van der Waals surface area contributed by atoms with Gasteiger partial charge in [0.25, 0.3) is 0 Å². The van der Waals surface area contributed by atoms with Crippen LogP contribution in [-0.4, -0.2) is 45.7 Å². The molecule has 0 bridgehead atoms. The Labute approximate surface area is 105 Å². The summed E-state index contributed by atoms with van der Waals surface area (Å²) in [4.78, 5) is 24.6. The molecule has 1 heterocycles. The third-order valence-corrected chi connectivity index (χ3v) is 2.91. The average Bonchev–Trinajstić information content (AvgIpc) is 2.46. The van der Waals surface area contributed by atoms with E-state index in [2.05, 4.69) is 4.90 Å². The monoisotopic (exact) mass is 249 g/mol. The molecule has 1 aromatic carbocycles. The predicted octanol–water partition coefficient (Wildman–Crippen LogP) is 1.12. The maximum atomic E-state index is 11.7. The Bertz CT molecular complexity index is 452. The summed E-state index contributed by atoms with van der Waals surface area (Å²) in [5.41, 5.74) is 1.67. The third-order valence-electron chi connectivity index (χ3n) is 2.91. The van der Waals surface area contributed by atoms with E-state index in [4.69, 9.17) is 9.47 Å². The van der Waals surface area contributed by atoms with E-state index in [0.29, 0.717) is 24.3 Å². The van der Waals surface area contributed by atoms with Gasteiger partial charge in [0, 0.05) is 18.7 Å². The highest BCUT2D eigenvalue weighted by atomic mass is 16.5. The fourth-order valence-electron chi connectivity index (χ4n) is 1.98. The summed E-state index contributed by atoms with van der Waals surface area (Å²) in [6.07, 6.45) is 0.718. The quantitative estimate of drug-likeness (QED) is 0.593. The number of benzene rings is 1. The fourth-order valence-corrected chi connectivity index (χ4v) is 1.98. The minimum absolute atomic E-state index is 0.420. The number of ether oxygens (including phenoxy) is 2. The Hall–Kier alpha value is -1.88. The number of carbonyl (C=O) groups is 2. The maximum absolute atomic E-state index is 11.7. The Kier molecular flexibility index (Phi) is 3.94. The molecular weight excluding hydrogens is 234 g/mol. The molecule has 1 fully saturated rings. The van der Waals surface area contributed by atoms with Gasteiger partial charge in [0.15, 0.2) is 0 Å². The molecule has 0 radical (unpaired) electrons. The number of esters is 1. The van der Waals surface area contributed by atoms with E-state index < -0.39 is 5.97 Å². The average molecular weight is 249 g/mol. The van der Waals surface area contributed by atoms with Crippen LogP contribution in [0.4, 0.5) is 5.69 Å². The number of aldehydes is 1. The van der Waals surface area contributed by atoms with E-state index >= 15 is 0 Å².